The molecule has 1 saturated heterocycles. The van der Waals surface area contributed by atoms with E-state index in [4.69, 9.17) is 9.47 Å². The van der Waals surface area contributed by atoms with E-state index in [2.05, 4.69) is 0 Å². The number of ether oxygens (including phenoxy) is 2. The number of hydrogen-bond donors (Lipinski definition) is 1. The van der Waals surface area contributed by atoms with Gasteiger partial charge in [-0.15, -0.1) is 0 Å². The van der Waals surface area contributed by atoms with E-state index in [0.29, 0.717) is 31.7 Å². The number of halogens is 1. The fraction of sp³-hybridized carbons (Fsp3) is 0.381. The number of methoxy groups -OCH3 is 1. The van der Waals surface area contributed by atoms with Crippen molar-refractivity contribution in [3.8, 4) is 5.75 Å². The van der Waals surface area contributed by atoms with Crippen LogP contribution >= 0.6 is 0 Å². The molecule has 2 aliphatic heterocycles. The van der Waals surface area contributed by atoms with Crippen LogP contribution in [0.25, 0.3) is 0 Å². The van der Waals surface area contributed by atoms with Crippen molar-refractivity contribution in [2.45, 2.75) is 19.6 Å². The van der Waals surface area contributed by atoms with Gasteiger partial charge in [0, 0.05) is 32.3 Å². The number of nitrogens with one attached hydrogen (secondary N) is 1. The standard InChI is InChI=1S/C21H24FN3O5S/c1-29-10-9-24-8-7-16-11-18(30-14-15-5-3-2-4-6-15)21(20(22)17(16)12-24)25-13-19(26)23-31(25,27)28/h2-6,11H,7-10,12-14H2,1H3,(H,23,26). The van der Waals surface area contributed by atoms with Crippen LogP contribution in [-0.2, 0) is 39.3 Å². The van der Waals surface area contributed by atoms with Crippen molar-refractivity contribution in [3.05, 3.63) is 58.9 Å². The van der Waals surface area contributed by atoms with Gasteiger partial charge in [-0.3, -0.25) is 9.69 Å². The van der Waals surface area contributed by atoms with E-state index in [1.807, 2.05) is 40.0 Å². The number of benzene rings is 2. The highest BCUT2D eigenvalue weighted by Gasteiger charge is 2.39. The zero-order valence-corrected chi connectivity index (χ0v) is 18.0. The Morgan fingerprint density at radius 1 is 1.19 bits per heavy atom. The lowest BCUT2D eigenvalue weighted by atomic mass is 9.97. The molecule has 10 heteroatoms. The highest BCUT2D eigenvalue weighted by Crippen LogP contribution is 2.40. The van der Waals surface area contributed by atoms with Crippen molar-refractivity contribution in [1.82, 2.24) is 9.62 Å². The smallest absolute Gasteiger partial charge is 0.326 e. The minimum Gasteiger partial charge on any atom is -0.487 e. The Labute approximate surface area is 180 Å². The predicted octanol–water partition coefficient (Wildman–Crippen LogP) is 1.59. The van der Waals surface area contributed by atoms with Gasteiger partial charge >= 0.3 is 10.2 Å². The third-order valence-electron chi connectivity index (χ3n) is 5.40. The molecular formula is C21H24FN3O5S. The van der Waals surface area contributed by atoms with Crippen LogP contribution < -0.4 is 13.8 Å². The van der Waals surface area contributed by atoms with Crippen LogP contribution in [0.2, 0.25) is 0 Å². The van der Waals surface area contributed by atoms with Crippen LogP contribution in [0.1, 0.15) is 16.7 Å². The zero-order valence-electron chi connectivity index (χ0n) is 17.1. The summed E-state index contributed by atoms with van der Waals surface area (Å²) >= 11 is 0. The summed E-state index contributed by atoms with van der Waals surface area (Å²) in [5.41, 5.74) is 1.81. The Hall–Kier alpha value is -2.69. The number of carbonyl (C=O) groups excluding carboxylic acids is 1. The molecular weight excluding hydrogens is 425 g/mol. The Balaban J connectivity index is 1.73. The Bertz CT molecular complexity index is 1080. The summed E-state index contributed by atoms with van der Waals surface area (Å²) < 4.78 is 54.4. The third-order valence-corrected chi connectivity index (χ3v) is 6.77. The van der Waals surface area contributed by atoms with Crippen molar-refractivity contribution in [3.63, 3.8) is 0 Å². The lowest BCUT2D eigenvalue weighted by Crippen LogP contribution is -2.35. The van der Waals surface area contributed by atoms with E-state index in [-0.39, 0.29) is 18.0 Å². The van der Waals surface area contributed by atoms with E-state index in [1.165, 1.54) is 0 Å². The van der Waals surface area contributed by atoms with E-state index in [1.54, 1.807) is 13.2 Å². The maximum Gasteiger partial charge on any atom is 0.326 e. The highest BCUT2D eigenvalue weighted by atomic mass is 32.2. The molecule has 1 fully saturated rings. The van der Waals surface area contributed by atoms with Crippen molar-refractivity contribution in [2.75, 3.05) is 37.7 Å². The molecule has 2 heterocycles. The predicted molar refractivity (Wildman–Crippen MR) is 112 cm³/mol. The molecule has 0 aliphatic carbocycles. The van der Waals surface area contributed by atoms with Crippen molar-refractivity contribution in [2.24, 2.45) is 0 Å². The van der Waals surface area contributed by atoms with E-state index >= 15 is 4.39 Å². The summed E-state index contributed by atoms with van der Waals surface area (Å²) in [6.45, 7) is 1.86. The topological polar surface area (TPSA) is 88.2 Å². The number of rotatable bonds is 7. The fourth-order valence-electron chi connectivity index (χ4n) is 3.82. The normalized spacial score (nSPS) is 18.0. The number of hydrogen-bond acceptors (Lipinski definition) is 6. The van der Waals surface area contributed by atoms with Gasteiger partial charge in [0.15, 0.2) is 5.82 Å². The van der Waals surface area contributed by atoms with Gasteiger partial charge in [-0.2, -0.15) is 8.42 Å². The molecule has 1 amide bonds. The average Bonchev–Trinajstić information content (AvgIpc) is 3.03. The lowest BCUT2D eigenvalue weighted by molar-refractivity contribution is -0.117. The number of amides is 1. The summed E-state index contributed by atoms with van der Waals surface area (Å²) in [5, 5.41) is 0. The minimum absolute atomic E-state index is 0.102. The summed E-state index contributed by atoms with van der Waals surface area (Å²) in [7, 11) is -2.58. The monoisotopic (exact) mass is 449 g/mol. The molecule has 0 saturated carbocycles. The highest BCUT2D eigenvalue weighted by molar-refractivity contribution is 7.92. The molecule has 2 aromatic carbocycles. The van der Waals surface area contributed by atoms with Crippen LogP contribution in [0.5, 0.6) is 5.75 Å². The molecule has 31 heavy (non-hydrogen) atoms. The minimum atomic E-state index is -4.19. The lowest BCUT2D eigenvalue weighted by Gasteiger charge is -2.31. The number of anilines is 1. The SMILES string of the molecule is COCCN1CCc2cc(OCc3ccccc3)c(N3CC(=O)NS3(=O)=O)c(F)c2C1. The number of fused-ring (bicyclic) bond motifs is 1. The van der Waals surface area contributed by atoms with Gasteiger partial charge in [-0.25, -0.2) is 13.4 Å². The summed E-state index contributed by atoms with van der Waals surface area (Å²) in [5.74, 6) is -1.29. The van der Waals surface area contributed by atoms with E-state index in [9.17, 15) is 13.2 Å². The Kier molecular flexibility index (Phi) is 6.12. The molecule has 0 unspecified atom stereocenters. The average molecular weight is 450 g/mol. The molecule has 0 atom stereocenters. The molecule has 0 spiro atoms. The van der Waals surface area contributed by atoms with Gasteiger partial charge in [0.25, 0.3) is 5.91 Å². The third kappa shape index (κ3) is 4.51. The van der Waals surface area contributed by atoms with Crippen LogP contribution in [0.15, 0.2) is 36.4 Å². The van der Waals surface area contributed by atoms with Crippen molar-refractivity contribution < 1.29 is 27.1 Å². The van der Waals surface area contributed by atoms with Gasteiger partial charge in [-0.1, -0.05) is 30.3 Å². The molecule has 8 nitrogen and oxygen atoms in total. The van der Waals surface area contributed by atoms with Gasteiger partial charge in [0.1, 0.15) is 24.6 Å². The second-order valence-corrected chi connectivity index (χ2v) is 9.10. The largest absolute Gasteiger partial charge is 0.487 e. The first kappa shape index (κ1) is 21.5. The molecule has 2 aromatic rings. The zero-order chi connectivity index (χ0) is 22.0. The van der Waals surface area contributed by atoms with Crippen LogP contribution in [0, 0.1) is 5.82 Å². The van der Waals surface area contributed by atoms with Gasteiger partial charge in [0.2, 0.25) is 0 Å². The van der Waals surface area contributed by atoms with E-state index in [0.717, 1.165) is 22.0 Å². The van der Waals surface area contributed by atoms with E-state index < -0.39 is 28.5 Å². The van der Waals surface area contributed by atoms with Crippen molar-refractivity contribution >= 4 is 21.8 Å². The quantitative estimate of drug-likeness (QED) is 0.691. The Morgan fingerprint density at radius 2 is 1.97 bits per heavy atom. The molecule has 1 N–H and O–H groups in total. The second-order valence-electron chi connectivity index (χ2n) is 7.51. The number of nitrogens with zero attached hydrogens (tertiary/aromatic N) is 2. The molecule has 2 aliphatic rings. The number of carbonyl (C=O) groups is 1. The first-order valence-electron chi connectivity index (χ1n) is 9.94. The van der Waals surface area contributed by atoms with Crippen LogP contribution in [-0.4, -0.2) is 52.6 Å². The summed E-state index contributed by atoms with van der Waals surface area (Å²) in [4.78, 5) is 13.8. The van der Waals surface area contributed by atoms with Gasteiger partial charge < -0.3 is 9.47 Å². The fourth-order valence-corrected chi connectivity index (χ4v) is 4.98. The molecule has 0 bridgehead atoms. The molecule has 166 valence electrons. The molecule has 4 rings (SSSR count). The second kappa shape index (κ2) is 8.81. The maximum absolute atomic E-state index is 15.8. The molecule has 0 radical (unpaired) electrons. The maximum atomic E-state index is 15.8. The van der Waals surface area contributed by atoms with Crippen LogP contribution in [0.3, 0.4) is 0 Å². The Morgan fingerprint density at radius 3 is 2.65 bits per heavy atom. The van der Waals surface area contributed by atoms with Crippen molar-refractivity contribution in [1.29, 1.82) is 0 Å². The summed E-state index contributed by atoms with van der Waals surface area (Å²) in [6, 6.07) is 11.0. The van der Waals surface area contributed by atoms with Gasteiger partial charge in [-0.05, 0) is 23.6 Å². The van der Waals surface area contributed by atoms with Crippen LogP contribution in [0.4, 0.5) is 10.1 Å². The first-order valence-corrected chi connectivity index (χ1v) is 11.4. The summed E-state index contributed by atoms with van der Waals surface area (Å²) in [6.07, 6.45) is 0.599. The molecule has 0 aromatic heterocycles. The first-order chi connectivity index (χ1) is 14.9. The van der Waals surface area contributed by atoms with Gasteiger partial charge in [0.05, 0.1) is 6.61 Å².